The van der Waals surface area contributed by atoms with E-state index in [2.05, 4.69) is 16.0 Å². The summed E-state index contributed by atoms with van der Waals surface area (Å²) < 4.78 is 0. The molecule has 0 radical (unpaired) electrons. The van der Waals surface area contributed by atoms with Crippen LogP contribution in [-0.2, 0) is 38.4 Å². The third-order valence-electron chi connectivity index (χ3n) is 11.2. The Kier molecular flexibility index (Phi) is 20.4. The summed E-state index contributed by atoms with van der Waals surface area (Å²) in [6.45, 7) is 1.91. The van der Waals surface area contributed by atoms with Gasteiger partial charge in [-0.2, -0.15) is 0 Å². The molecule has 0 unspecified atom stereocenters. The fourth-order valence-electron chi connectivity index (χ4n) is 7.88. The normalized spacial score (nSPS) is 22.8. The number of rotatable bonds is 19. The van der Waals surface area contributed by atoms with Gasteiger partial charge in [-0.05, 0) is 57.8 Å². The van der Waals surface area contributed by atoms with Crippen LogP contribution in [0.3, 0.4) is 0 Å². The molecule has 23 heteroatoms. The number of hydrogen-bond acceptors (Lipinski definition) is 14. The van der Waals surface area contributed by atoms with E-state index >= 15 is 0 Å². The number of amides is 4. The molecule has 2 saturated heterocycles. The average molecular weight is 841 g/mol. The van der Waals surface area contributed by atoms with Gasteiger partial charge in [-0.3, -0.25) is 58.0 Å². The van der Waals surface area contributed by atoms with E-state index in [1.165, 1.54) is 4.90 Å². The van der Waals surface area contributed by atoms with Gasteiger partial charge in [0.15, 0.2) is 0 Å². The number of nitrogens with zero attached hydrogens (tertiary/aromatic N) is 5. The largest absolute Gasteiger partial charge is 0.480 e. The molecule has 3 fully saturated rings. The maximum absolute atomic E-state index is 12.9. The summed E-state index contributed by atoms with van der Waals surface area (Å²) >= 11 is 0. The lowest BCUT2D eigenvalue weighted by atomic mass is 9.77. The number of aliphatic carboxylic acids is 4. The third kappa shape index (κ3) is 17.4. The van der Waals surface area contributed by atoms with E-state index in [-0.39, 0.29) is 115 Å². The quantitative estimate of drug-likeness (QED) is 0.0564. The van der Waals surface area contributed by atoms with Gasteiger partial charge in [0, 0.05) is 77.8 Å². The summed E-state index contributed by atoms with van der Waals surface area (Å²) in [7, 11) is -1.65. The minimum absolute atomic E-state index is 0.0653. The number of hydrogen-bond donors (Lipinski definition) is 9. The molecule has 0 spiro atoms. The molecule has 22 nitrogen and oxygen atoms in total. The van der Waals surface area contributed by atoms with Gasteiger partial charge >= 0.3 is 31.0 Å². The highest BCUT2D eigenvalue weighted by Gasteiger charge is 2.39. The fourth-order valence-corrected chi connectivity index (χ4v) is 7.88. The van der Waals surface area contributed by atoms with E-state index in [4.69, 9.17) is 0 Å². The molecule has 9 N–H and O–H groups in total. The first kappa shape index (κ1) is 49.0. The van der Waals surface area contributed by atoms with Crippen molar-refractivity contribution in [3.8, 4) is 0 Å². The van der Waals surface area contributed by atoms with E-state index in [9.17, 15) is 68.8 Å². The highest BCUT2D eigenvalue weighted by molar-refractivity contribution is 6.43. The van der Waals surface area contributed by atoms with Crippen molar-refractivity contribution in [1.82, 2.24) is 40.4 Å². The topological polar surface area (TPSA) is 310 Å². The van der Waals surface area contributed by atoms with Crippen molar-refractivity contribution >= 4 is 54.6 Å². The Morgan fingerprint density at radius 2 is 1.17 bits per heavy atom. The van der Waals surface area contributed by atoms with Crippen LogP contribution in [0.2, 0.25) is 0 Å². The first-order valence-electron chi connectivity index (χ1n) is 20.2. The first-order valence-corrected chi connectivity index (χ1v) is 20.2. The SMILES string of the molecule is C[C@@H](NC(=O)[C@H]1CC[C@H](CNC(=O)CNC(=O)CC[C@H](C(=O)O)N2CCN(CC(=O)O)CCN(CC(=O)O)CCN(CC(=O)O)CC2)CC1)C(=O)N1CCC[C@H]1B(O)O. The lowest BCUT2D eigenvalue weighted by Gasteiger charge is -2.35. The zero-order chi connectivity index (χ0) is 43.6. The standard InChI is InChI=1S/C36H61BN8O14/c1-24(35(55)45-10-2-3-28(45)37(58)59)40-34(54)26-6-4-25(5-7-26)19-38-30(47)20-39-29(46)9-8-27(36(56)57)44-17-15-42(22-32(50)51)13-11-41(21-31(48)49)12-14-43(16-18-44)23-33(52)53/h24-28,58-59H,2-23H2,1H3,(H,38,47)(H,39,46)(H,40,54)(H,48,49)(H,50,51)(H,52,53)(H,56,57)/t24-,25-,26-,27-,28+/m1/s1. The fraction of sp³-hybridized carbons (Fsp3) is 0.778. The second-order valence-corrected chi connectivity index (χ2v) is 15.6. The summed E-state index contributed by atoms with van der Waals surface area (Å²) in [6, 6.07) is -2.01. The van der Waals surface area contributed by atoms with E-state index in [1.54, 1.807) is 26.5 Å². The van der Waals surface area contributed by atoms with Crippen LogP contribution < -0.4 is 16.0 Å². The van der Waals surface area contributed by atoms with Crippen LogP contribution in [0.5, 0.6) is 0 Å². The molecule has 2 aliphatic heterocycles. The van der Waals surface area contributed by atoms with Gasteiger partial charge in [0.1, 0.15) is 12.1 Å². The Morgan fingerprint density at radius 1 is 0.661 bits per heavy atom. The first-order chi connectivity index (χ1) is 27.9. The smallest absolute Gasteiger partial charge is 0.475 e. The average Bonchev–Trinajstić information content (AvgIpc) is 3.67. The molecule has 332 valence electrons. The molecule has 3 rings (SSSR count). The van der Waals surface area contributed by atoms with Gasteiger partial charge in [-0.25, -0.2) is 0 Å². The lowest BCUT2D eigenvalue weighted by Crippen LogP contribution is -2.53. The maximum Gasteiger partial charge on any atom is 0.475 e. The number of carboxylic acid groups (broad SMARTS) is 4. The molecule has 0 aromatic rings. The number of carbonyl (C=O) groups excluding carboxylic acids is 4. The minimum Gasteiger partial charge on any atom is -0.480 e. The van der Waals surface area contributed by atoms with Gasteiger partial charge in [0.05, 0.1) is 32.1 Å². The van der Waals surface area contributed by atoms with Crippen molar-refractivity contribution in [3.05, 3.63) is 0 Å². The summed E-state index contributed by atoms with van der Waals surface area (Å²) in [4.78, 5) is 106. The van der Waals surface area contributed by atoms with Crippen LogP contribution in [-0.4, -0.2) is 219 Å². The molecule has 4 amide bonds. The predicted octanol–water partition coefficient (Wildman–Crippen LogP) is -3.76. The van der Waals surface area contributed by atoms with Gasteiger partial charge in [-0.15, -0.1) is 0 Å². The Bertz CT molecular complexity index is 1440. The van der Waals surface area contributed by atoms with Crippen molar-refractivity contribution in [2.24, 2.45) is 11.8 Å². The molecule has 2 heterocycles. The van der Waals surface area contributed by atoms with Crippen LogP contribution in [0.15, 0.2) is 0 Å². The van der Waals surface area contributed by atoms with Gasteiger partial charge in [0.2, 0.25) is 23.6 Å². The van der Waals surface area contributed by atoms with Crippen molar-refractivity contribution in [2.75, 3.05) is 91.6 Å². The van der Waals surface area contributed by atoms with Crippen molar-refractivity contribution < 1.29 is 68.8 Å². The molecule has 1 saturated carbocycles. The van der Waals surface area contributed by atoms with Crippen LogP contribution in [0.25, 0.3) is 0 Å². The van der Waals surface area contributed by atoms with Gasteiger partial charge < -0.3 is 51.3 Å². The highest BCUT2D eigenvalue weighted by Crippen LogP contribution is 2.29. The van der Waals surface area contributed by atoms with Crippen molar-refractivity contribution in [1.29, 1.82) is 0 Å². The number of likely N-dealkylation sites (tertiary alicyclic amines) is 1. The molecular weight excluding hydrogens is 779 g/mol. The predicted molar refractivity (Wildman–Crippen MR) is 208 cm³/mol. The summed E-state index contributed by atoms with van der Waals surface area (Å²) in [6.07, 6.45) is 3.12. The van der Waals surface area contributed by atoms with Crippen LogP contribution in [0.1, 0.15) is 58.3 Å². The Hall–Kier alpha value is -4.42. The molecule has 0 aromatic carbocycles. The van der Waals surface area contributed by atoms with E-state index < -0.39 is 60.8 Å². The second kappa shape index (κ2) is 24.6. The molecule has 3 aliphatic rings. The number of carboxylic acids is 4. The third-order valence-corrected chi connectivity index (χ3v) is 11.2. The summed E-state index contributed by atoms with van der Waals surface area (Å²) in [5, 5.41) is 65.7. The Morgan fingerprint density at radius 3 is 1.64 bits per heavy atom. The molecule has 0 aromatic heterocycles. The monoisotopic (exact) mass is 840 g/mol. The minimum atomic E-state index is -1.65. The van der Waals surface area contributed by atoms with Gasteiger partial charge in [-0.1, -0.05) is 0 Å². The molecule has 3 atom stereocenters. The lowest BCUT2D eigenvalue weighted by molar-refractivity contribution is -0.145. The summed E-state index contributed by atoms with van der Waals surface area (Å²) in [5.74, 6) is -7.11. The zero-order valence-electron chi connectivity index (χ0n) is 33.7. The Labute approximate surface area is 343 Å². The molecule has 59 heavy (non-hydrogen) atoms. The van der Waals surface area contributed by atoms with Crippen LogP contribution in [0, 0.1) is 11.8 Å². The van der Waals surface area contributed by atoms with Crippen LogP contribution in [0.4, 0.5) is 0 Å². The molecule has 1 aliphatic carbocycles. The summed E-state index contributed by atoms with van der Waals surface area (Å²) in [5.41, 5.74) is 0. The molecular formula is C36H61BN8O14. The van der Waals surface area contributed by atoms with E-state index in [0.717, 1.165) is 0 Å². The van der Waals surface area contributed by atoms with Gasteiger partial charge in [0.25, 0.3) is 0 Å². The van der Waals surface area contributed by atoms with Crippen molar-refractivity contribution in [3.63, 3.8) is 0 Å². The van der Waals surface area contributed by atoms with E-state index in [0.29, 0.717) is 51.6 Å². The van der Waals surface area contributed by atoms with E-state index in [1.807, 2.05) is 0 Å². The Balaban J connectivity index is 1.46. The number of nitrogens with one attached hydrogen (secondary N) is 3. The maximum atomic E-state index is 12.9. The second-order valence-electron chi connectivity index (χ2n) is 15.6. The molecule has 0 bridgehead atoms. The van der Waals surface area contributed by atoms with Crippen LogP contribution >= 0.6 is 0 Å². The van der Waals surface area contributed by atoms with Crippen molar-refractivity contribution in [2.45, 2.75) is 76.3 Å². The highest BCUT2D eigenvalue weighted by atomic mass is 16.4. The number of carbonyl (C=O) groups is 8. The zero-order valence-corrected chi connectivity index (χ0v) is 33.7.